The molecule has 1 atom stereocenters. The van der Waals surface area contributed by atoms with Gasteiger partial charge in [0.2, 0.25) is 0 Å². The summed E-state index contributed by atoms with van der Waals surface area (Å²) < 4.78 is 2.07. The maximum atomic E-state index is 4.66. The minimum absolute atomic E-state index is 0.360. The first-order valence-electron chi connectivity index (χ1n) is 7.29. The summed E-state index contributed by atoms with van der Waals surface area (Å²) in [4.78, 5) is 7.29. The first kappa shape index (κ1) is 12.3. The highest BCUT2D eigenvalue weighted by molar-refractivity contribution is 7.19. The van der Waals surface area contributed by atoms with Gasteiger partial charge >= 0.3 is 0 Å². The van der Waals surface area contributed by atoms with Crippen LogP contribution in [0.25, 0.3) is 15.9 Å². The van der Waals surface area contributed by atoms with Crippen molar-refractivity contribution >= 4 is 27.2 Å². The monoisotopic (exact) mass is 286 g/mol. The fourth-order valence-corrected chi connectivity index (χ4v) is 4.49. The Kier molecular flexibility index (Phi) is 2.61. The maximum Gasteiger partial charge on any atom is 0.172 e. The van der Waals surface area contributed by atoms with Gasteiger partial charge in [-0.25, -0.2) is 4.98 Å². The van der Waals surface area contributed by atoms with Gasteiger partial charge in [-0.1, -0.05) is 20.8 Å². The van der Waals surface area contributed by atoms with E-state index < -0.39 is 0 Å². The number of aryl methyl sites for hydroxylation is 1. The summed E-state index contributed by atoms with van der Waals surface area (Å²) in [5.74, 6) is 2.15. The van der Waals surface area contributed by atoms with E-state index >= 15 is 0 Å². The van der Waals surface area contributed by atoms with Crippen molar-refractivity contribution in [3.8, 4) is 0 Å². The van der Waals surface area contributed by atoms with Crippen LogP contribution in [0.15, 0.2) is 6.33 Å². The molecule has 0 radical (unpaired) electrons. The smallest absolute Gasteiger partial charge is 0.172 e. The van der Waals surface area contributed by atoms with E-state index in [-0.39, 0.29) is 0 Å². The zero-order valence-electron chi connectivity index (χ0n) is 12.1. The molecular weight excluding hydrogens is 268 g/mol. The first-order valence-corrected chi connectivity index (χ1v) is 8.10. The van der Waals surface area contributed by atoms with Crippen LogP contribution in [0.1, 0.15) is 49.4 Å². The number of thiophene rings is 1. The summed E-state index contributed by atoms with van der Waals surface area (Å²) in [5, 5.41) is 10.1. The lowest BCUT2D eigenvalue weighted by Crippen LogP contribution is -2.08. The van der Waals surface area contributed by atoms with Crippen LogP contribution in [0.5, 0.6) is 0 Å². The molecular formula is C15H18N4S. The first-order chi connectivity index (χ1) is 9.65. The SMILES string of the molecule is CC1CCc2c(sc3ncn4c(C(C)C)nnc4c23)C1. The molecule has 0 bridgehead atoms. The second-order valence-corrected chi connectivity index (χ2v) is 7.27. The molecule has 0 aliphatic heterocycles. The summed E-state index contributed by atoms with van der Waals surface area (Å²) in [6.45, 7) is 6.63. The maximum absolute atomic E-state index is 4.66. The third-order valence-electron chi connectivity index (χ3n) is 4.25. The molecule has 20 heavy (non-hydrogen) atoms. The molecule has 0 spiro atoms. The summed E-state index contributed by atoms with van der Waals surface area (Å²) in [7, 11) is 0. The summed E-state index contributed by atoms with van der Waals surface area (Å²) in [5.41, 5.74) is 2.47. The zero-order valence-corrected chi connectivity index (χ0v) is 12.9. The largest absolute Gasteiger partial charge is 0.268 e. The predicted octanol–water partition coefficient (Wildman–Crippen LogP) is 3.59. The van der Waals surface area contributed by atoms with Gasteiger partial charge < -0.3 is 0 Å². The molecule has 0 amide bonds. The number of aromatic nitrogens is 4. The Morgan fingerprint density at radius 1 is 1.35 bits per heavy atom. The minimum Gasteiger partial charge on any atom is -0.268 e. The average Bonchev–Trinajstić information content (AvgIpc) is 2.97. The van der Waals surface area contributed by atoms with E-state index in [0.29, 0.717) is 5.92 Å². The van der Waals surface area contributed by atoms with Gasteiger partial charge in [-0.3, -0.25) is 4.40 Å². The molecule has 0 fully saturated rings. The third kappa shape index (κ3) is 1.62. The van der Waals surface area contributed by atoms with E-state index in [1.165, 1.54) is 28.7 Å². The van der Waals surface area contributed by atoms with Crippen molar-refractivity contribution in [2.24, 2.45) is 5.92 Å². The fraction of sp³-hybridized carbons (Fsp3) is 0.533. The fourth-order valence-electron chi connectivity index (χ4n) is 3.15. The van der Waals surface area contributed by atoms with E-state index in [0.717, 1.165) is 28.6 Å². The van der Waals surface area contributed by atoms with Gasteiger partial charge in [-0.05, 0) is 30.7 Å². The highest BCUT2D eigenvalue weighted by Crippen LogP contribution is 2.38. The van der Waals surface area contributed by atoms with Crippen LogP contribution in [0.3, 0.4) is 0 Å². The summed E-state index contributed by atoms with van der Waals surface area (Å²) in [6, 6.07) is 0. The van der Waals surface area contributed by atoms with Crippen LogP contribution in [0.2, 0.25) is 0 Å². The van der Waals surface area contributed by atoms with Gasteiger partial charge in [-0.2, -0.15) is 0 Å². The van der Waals surface area contributed by atoms with E-state index in [4.69, 9.17) is 0 Å². The van der Waals surface area contributed by atoms with Crippen molar-refractivity contribution in [3.05, 3.63) is 22.6 Å². The average molecular weight is 286 g/mol. The molecule has 0 aromatic carbocycles. The van der Waals surface area contributed by atoms with Gasteiger partial charge in [0.1, 0.15) is 17.0 Å². The van der Waals surface area contributed by atoms with Crippen molar-refractivity contribution in [2.45, 2.75) is 46.0 Å². The minimum atomic E-state index is 0.360. The van der Waals surface area contributed by atoms with E-state index in [1.807, 2.05) is 17.7 Å². The van der Waals surface area contributed by atoms with Crippen molar-refractivity contribution < 1.29 is 0 Å². The Balaban J connectivity index is 2.05. The van der Waals surface area contributed by atoms with Gasteiger partial charge in [0.05, 0.1) is 5.39 Å². The van der Waals surface area contributed by atoms with Gasteiger partial charge in [0.15, 0.2) is 5.65 Å². The van der Waals surface area contributed by atoms with E-state index in [2.05, 4.69) is 40.4 Å². The van der Waals surface area contributed by atoms with Gasteiger partial charge in [0, 0.05) is 10.8 Å². The zero-order chi connectivity index (χ0) is 13.9. The number of fused-ring (bicyclic) bond motifs is 5. The van der Waals surface area contributed by atoms with Gasteiger partial charge in [0.25, 0.3) is 0 Å². The lowest BCUT2D eigenvalue weighted by Gasteiger charge is -2.17. The van der Waals surface area contributed by atoms with Gasteiger partial charge in [-0.15, -0.1) is 21.5 Å². The van der Waals surface area contributed by atoms with E-state index in [1.54, 1.807) is 0 Å². The number of nitrogens with zero attached hydrogens (tertiary/aromatic N) is 4. The highest BCUT2D eigenvalue weighted by Gasteiger charge is 2.24. The topological polar surface area (TPSA) is 43.1 Å². The van der Waals surface area contributed by atoms with E-state index in [9.17, 15) is 0 Å². The molecule has 5 heteroatoms. The Bertz CT molecular complexity index is 799. The van der Waals surface area contributed by atoms with Crippen LogP contribution in [-0.2, 0) is 12.8 Å². The lowest BCUT2D eigenvalue weighted by atomic mass is 9.89. The lowest BCUT2D eigenvalue weighted by molar-refractivity contribution is 0.509. The molecule has 4 rings (SSSR count). The molecule has 3 aromatic rings. The molecule has 104 valence electrons. The molecule has 0 saturated heterocycles. The number of rotatable bonds is 1. The quantitative estimate of drug-likeness (QED) is 0.686. The van der Waals surface area contributed by atoms with Crippen molar-refractivity contribution in [3.63, 3.8) is 0 Å². The number of hydrogen-bond donors (Lipinski definition) is 0. The molecule has 4 nitrogen and oxygen atoms in total. The highest BCUT2D eigenvalue weighted by atomic mass is 32.1. The Hall–Kier alpha value is -1.49. The van der Waals surface area contributed by atoms with Crippen molar-refractivity contribution in [1.82, 2.24) is 19.6 Å². The molecule has 1 aliphatic carbocycles. The standard InChI is InChI=1S/C15H18N4S/c1-8(2)13-17-18-14-12-10-5-4-9(3)6-11(10)20-15(12)16-7-19(13)14/h7-9H,4-6H2,1-3H3. The number of hydrogen-bond acceptors (Lipinski definition) is 4. The molecule has 1 unspecified atom stereocenters. The van der Waals surface area contributed by atoms with Crippen molar-refractivity contribution in [2.75, 3.05) is 0 Å². The molecule has 0 saturated carbocycles. The normalized spacial score (nSPS) is 19.1. The van der Waals surface area contributed by atoms with Crippen LogP contribution in [0.4, 0.5) is 0 Å². The molecule has 3 heterocycles. The third-order valence-corrected chi connectivity index (χ3v) is 5.41. The molecule has 1 aliphatic rings. The van der Waals surface area contributed by atoms with Crippen LogP contribution in [-0.4, -0.2) is 19.6 Å². The molecule has 3 aromatic heterocycles. The Morgan fingerprint density at radius 2 is 2.20 bits per heavy atom. The van der Waals surface area contributed by atoms with Crippen LogP contribution >= 0.6 is 11.3 Å². The summed E-state index contributed by atoms with van der Waals surface area (Å²) >= 11 is 1.84. The van der Waals surface area contributed by atoms with Crippen LogP contribution in [0, 0.1) is 5.92 Å². The Labute approximate surface area is 121 Å². The summed E-state index contributed by atoms with van der Waals surface area (Å²) in [6.07, 6.45) is 5.50. The predicted molar refractivity (Wildman–Crippen MR) is 81.4 cm³/mol. The van der Waals surface area contributed by atoms with Crippen LogP contribution < -0.4 is 0 Å². The molecule has 0 N–H and O–H groups in total. The Morgan fingerprint density at radius 3 is 3.00 bits per heavy atom. The second kappa shape index (κ2) is 4.25. The second-order valence-electron chi connectivity index (χ2n) is 6.18. The van der Waals surface area contributed by atoms with Crippen molar-refractivity contribution in [1.29, 1.82) is 0 Å².